The standard InChI is InChI=1S/C11H20ClN5O/c1-5-17(7-11(2,3)6-13)9-14-8(12)15-10(16-9)18-4/h5-7,13H2,1-4H3. The van der Waals surface area contributed by atoms with E-state index >= 15 is 0 Å². The molecule has 0 aliphatic carbocycles. The Bertz CT molecular complexity index is 399. The largest absolute Gasteiger partial charge is 0.467 e. The summed E-state index contributed by atoms with van der Waals surface area (Å²) in [6, 6.07) is 0.217. The number of methoxy groups -OCH3 is 1. The lowest BCUT2D eigenvalue weighted by Crippen LogP contribution is -2.39. The number of halogens is 1. The fourth-order valence-electron chi connectivity index (χ4n) is 1.46. The van der Waals surface area contributed by atoms with E-state index in [0.717, 1.165) is 13.1 Å². The van der Waals surface area contributed by atoms with E-state index in [2.05, 4.69) is 28.8 Å². The average Bonchev–Trinajstić information content (AvgIpc) is 2.35. The highest BCUT2D eigenvalue weighted by atomic mass is 35.5. The van der Waals surface area contributed by atoms with E-state index in [1.807, 2.05) is 11.8 Å². The average molecular weight is 274 g/mol. The minimum Gasteiger partial charge on any atom is -0.467 e. The first-order valence-electron chi connectivity index (χ1n) is 5.82. The molecule has 1 heterocycles. The number of rotatable bonds is 6. The molecule has 0 saturated heterocycles. The molecule has 0 fully saturated rings. The van der Waals surface area contributed by atoms with Gasteiger partial charge in [0.05, 0.1) is 7.11 Å². The predicted molar refractivity (Wildman–Crippen MR) is 72.1 cm³/mol. The van der Waals surface area contributed by atoms with Crippen molar-refractivity contribution in [1.82, 2.24) is 15.0 Å². The van der Waals surface area contributed by atoms with Gasteiger partial charge in [-0.2, -0.15) is 15.0 Å². The van der Waals surface area contributed by atoms with Gasteiger partial charge in [0.25, 0.3) is 0 Å². The van der Waals surface area contributed by atoms with Gasteiger partial charge < -0.3 is 15.4 Å². The fraction of sp³-hybridized carbons (Fsp3) is 0.727. The maximum absolute atomic E-state index is 5.84. The van der Waals surface area contributed by atoms with Gasteiger partial charge in [-0.05, 0) is 30.5 Å². The predicted octanol–water partition coefficient (Wildman–Crippen LogP) is 1.34. The lowest BCUT2D eigenvalue weighted by atomic mass is 9.93. The van der Waals surface area contributed by atoms with Crippen molar-refractivity contribution >= 4 is 17.5 Å². The van der Waals surface area contributed by atoms with E-state index in [1.54, 1.807) is 0 Å². The van der Waals surface area contributed by atoms with Crippen LogP contribution < -0.4 is 15.4 Å². The number of hydrogen-bond donors (Lipinski definition) is 1. The summed E-state index contributed by atoms with van der Waals surface area (Å²) < 4.78 is 4.99. The molecule has 0 aromatic carbocycles. The molecular formula is C11H20ClN5O. The molecule has 0 spiro atoms. The Morgan fingerprint density at radius 1 is 1.33 bits per heavy atom. The molecule has 0 aliphatic rings. The van der Waals surface area contributed by atoms with Gasteiger partial charge in [-0.1, -0.05) is 13.8 Å². The normalized spacial score (nSPS) is 11.4. The van der Waals surface area contributed by atoms with Crippen LogP contribution in [0.3, 0.4) is 0 Å². The van der Waals surface area contributed by atoms with Crippen molar-refractivity contribution in [3.8, 4) is 6.01 Å². The highest BCUT2D eigenvalue weighted by molar-refractivity contribution is 6.28. The number of nitrogens with zero attached hydrogens (tertiary/aromatic N) is 4. The minimum atomic E-state index is -0.0254. The SMILES string of the molecule is CCN(CC(C)(C)CN)c1nc(Cl)nc(OC)n1. The van der Waals surface area contributed by atoms with E-state index in [0.29, 0.717) is 12.5 Å². The maximum atomic E-state index is 5.84. The summed E-state index contributed by atoms with van der Waals surface area (Å²) in [6.45, 7) is 8.29. The molecule has 0 saturated carbocycles. The maximum Gasteiger partial charge on any atom is 0.322 e. The van der Waals surface area contributed by atoms with Crippen molar-refractivity contribution in [3.63, 3.8) is 0 Å². The molecule has 1 aromatic heterocycles. The van der Waals surface area contributed by atoms with Crippen LogP contribution in [0.15, 0.2) is 0 Å². The van der Waals surface area contributed by atoms with Gasteiger partial charge in [0.15, 0.2) is 0 Å². The van der Waals surface area contributed by atoms with Gasteiger partial charge in [0, 0.05) is 13.1 Å². The quantitative estimate of drug-likeness (QED) is 0.843. The van der Waals surface area contributed by atoms with Gasteiger partial charge in [0.1, 0.15) is 0 Å². The monoisotopic (exact) mass is 273 g/mol. The van der Waals surface area contributed by atoms with Gasteiger partial charge >= 0.3 is 6.01 Å². The first-order chi connectivity index (χ1) is 8.41. The molecule has 0 atom stereocenters. The van der Waals surface area contributed by atoms with E-state index in [4.69, 9.17) is 22.1 Å². The smallest absolute Gasteiger partial charge is 0.322 e. The molecule has 102 valence electrons. The number of aromatic nitrogens is 3. The Morgan fingerprint density at radius 3 is 2.50 bits per heavy atom. The zero-order valence-corrected chi connectivity index (χ0v) is 12.0. The summed E-state index contributed by atoms with van der Waals surface area (Å²) in [5.41, 5.74) is 5.72. The molecular weight excluding hydrogens is 254 g/mol. The van der Waals surface area contributed by atoms with Crippen LogP contribution in [-0.2, 0) is 0 Å². The lowest BCUT2D eigenvalue weighted by Gasteiger charge is -2.31. The molecule has 1 aromatic rings. The second kappa shape index (κ2) is 6.15. The van der Waals surface area contributed by atoms with E-state index < -0.39 is 0 Å². The molecule has 7 heteroatoms. The fourth-order valence-corrected chi connectivity index (χ4v) is 1.61. The highest BCUT2D eigenvalue weighted by Crippen LogP contribution is 2.20. The molecule has 0 bridgehead atoms. The van der Waals surface area contributed by atoms with Crippen molar-refractivity contribution in [2.75, 3.05) is 31.6 Å². The summed E-state index contributed by atoms with van der Waals surface area (Å²) in [7, 11) is 1.50. The van der Waals surface area contributed by atoms with Crippen LogP contribution in [0, 0.1) is 5.41 Å². The molecule has 6 nitrogen and oxygen atoms in total. The zero-order chi connectivity index (χ0) is 13.8. The Labute approximate surface area is 113 Å². The van der Waals surface area contributed by atoms with Crippen LogP contribution in [0.25, 0.3) is 0 Å². The lowest BCUT2D eigenvalue weighted by molar-refractivity contribution is 0.367. The second-order valence-corrected chi connectivity index (χ2v) is 5.11. The Hall–Kier alpha value is -1.14. The summed E-state index contributed by atoms with van der Waals surface area (Å²) in [4.78, 5) is 14.2. The molecule has 18 heavy (non-hydrogen) atoms. The molecule has 1 rings (SSSR count). The van der Waals surface area contributed by atoms with Gasteiger partial charge in [-0.3, -0.25) is 0 Å². The summed E-state index contributed by atoms with van der Waals surface area (Å²) in [6.07, 6.45) is 0. The van der Waals surface area contributed by atoms with Crippen molar-refractivity contribution < 1.29 is 4.74 Å². The number of nitrogens with two attached hydrogens (primary N) is 1. The minimum absolute atomic E-state index is 0.0254. The molecule has 2 N–H and O–H groups in total. The van der Waals surface area contributed by atoms with Crippen LogP contribution >= 0.6 is 11.6 Å². The van der Waals surface area contributed by atoms with Crippen molar-refractivity contribution in [1.29, 1.82) is 0 Å². The number of anilines is 1. The van der Waals surface area contributed by atoms with Crippen molar-refractivity contribution in [3.05, 3.63) is 5.28 Å². The number of hydrogen-bond acceptors (Lipinski definition) is 6. The third kappa shape index (κ3) is 3.96. The topological polar surface area (TPSA) is 77.2 Å². The van der Waals surface area contributed by atoms with Crippen LogP contribution in [0.2, 0.25) is 5.28 Å². The first-order valence-corrected chi connectivity index (χ1v) is 6.20. The zero-order valence-electron chi connectivity index (χ0n) is 11.3. The van der Waals surface area contributed by atoms with E-state index in [9.17, 15) is 0 Å². The first kappa shape index (κ1) is 14.9. The molecule has 0 radical (unpaired) electrons. The van der Waals surface area contributed by atoms with Gasteiger partial charge in [-0.25, -0.2) is 0 Å². The van der Waals surface area contributed by atoms with Crippen LogP contribution in [0.1, 0.15) is 20.8 Å². The van der Waals surface area contributed by atoms with Crippen LogP contribution in [-0.4, -0.2) is 41.7 Å². The van der Waals surface area contributed by atoms with E-state index in [1.165, 1.54) is 7.11 Å². The second-order valence-electron chi connectivity index (χ2n) is 4.77. The summed E-state index contributed by atoms with van der Waals surface area (Å²) in [5, 5.41) is 0.126. The Morgan fingerprint density at radius 2 is 2.00 bits per heavy atom. The van der Waals surface area contributed by atoms with Gasteiger partial charge in [-0.15, -0.1) is 0 Å². The third-order valence-corrected chi connectivity index (χ3v) is 2.76. The Balaban J connectivity index is 2.98. The summed E-state index contributed by atoms with van der Waals surface area (Å²) in [5.74, 6) is 0.510. The molecule has 0 aliphatic heterocycles. The highest BCUT2D eigenvalue weighted by Gasteiger charge is 2.22. The molecule has 0 unspecified atom stereocenters. The van der Waals surface area contributed by atoms with Crippen LogP contribution in [0.5, 0.6) is 6.01 Å². The third-order valence-electron chi connectivity index (χ3n) is 2.59. The van der Waals surface area contributed by atoms with E-state index in [-0.39, 0.29) is 16.7 Å². The van der Waals surface area contributed by atoms with Crippen molar-refractivity contribution in [2.24, 2.45) is 11.1 Å². The van der Waals surface area contributed by atoms with Crippen molar-refractivity contribution in [2.45, 2.75) is 20.8 Å². The molecule has 0 amide bonds. The Kier molecular flexibility index (Phi) is 5.10. The number of ether oxygens (including phenoxy) is 1. The van der Waals surface area contributed by atoms with Crippen LogP contribution in [0.4, 0.5) is 5.95 Å². The summed E-state index contributed by atoms with van der Waals surface area (Å²) >= 11 is 5.84. The van der Waals surface area contributed by atoms with Gasteiger partial charge in [0.2, 0.25) is 11.2 Å².